The Morgan fingerprint density at radius 3 is 2.72 bits per heavy atom. The van der Waals surface area contributed by atoms with E-state index in [2.05, 4.69) is 20.3 Å². The molecule has 0 aliphatic rings. The number of hydrogen-bond donors (Lipinski definition) is 1. The molecule has 0 saturated carbocycles. The van der Waals surface area contributed by atoms with E-state index >= 15 is 0 Å². The number of rotatable bonds is 9. The van der Waals surface area contributed by atoms with Crippen molar-refractivity contribution in [2.75, 3.05) is 45.4 Å². The predicted octanol–water partition coefficient (Wildman–Crippen LogP) is 0.999. The number of methoxy groups -OCH3 is 1. The van der Waals surface area contributed by atoms with Gasteiger partial charge in [0.1, 0.15) is 0 Å². The van der Waals surface area contributed by atoms with E-state index in [9.17, 15) is 0 Å². The molecule has 1 aromatic heterocycles. The van der Waals surface area contributed by atoms with Crippen molar-refractivity contribution in [1.29, 1.82) is 0 Å². The number of nitrogens with zero attached hydrogens (tertiary/aromatic N) is 3. The lowest BCUT2D eigenvalue weighted by Crippen LogP contribution is -2.14. The van der Waals surface area contributed by atoms with Gasteiger partial charge >= 0.3 is 6.01 Å². The third-order valence-corrected chi connectivity index (χ3v) is 1.99. The van der Waals surface area contributed by atoms with Crippen molar-refractivity contribution in [2.24, 2.45) is 0 Å². The molecule has 0 unspecified atom stereocenters. The number of aromatic nitrogens is 3. The summed E-state index contributed by atoms with van der Waals surface area (Å²) in [6.07, 6.45) is 0. The van der Waals surface area contributed by atoms with Crippen LogP contribution in [0.25, 0.3) is 0 Å². The first kappa shape index (κ1) is 14.9. The molecular formula is C10H17ClN4O3. The molecule has 0 bridgehead atoms. The second kappa shape index (κ2) is 8.84. The fourth-order valence-corrected chi connectivity index (χ4v) is 1.24. The highest BCUT2D eigenvalue weighted by Crippen LogP contribution is 2.10. The minimum Gasteiger partial charge on any atom is -0.464 e. The predicted molar refractivity (Wildman–Crippen MR) is 67.2 cm³/mol. The van der Waals surface area contributed by atoms with Gasteiger partial charge in [-0.1, -0.05) is 0 Å². The third-order valence-electron chi connectivity index (χ3n) is 1.82. The molecule has 1 rings (SSSR count). The van der Waals surface area contributed by atoms with Crippen LogP contribution in [-0.2, 0) is 9.47 Å². The second-order valence-electron chi connectivity index (χ2n) is 3.18. The van der Waals surface area contributed by atoms with Gasteiger partial charge in [-0.05, 0) is 18.5 Å². The van der Waals surface area contributed by atoms with Gasteiger partial charge in [-0.25, -0.2) is 0 Å². The summed E-state index contributed by atoms with van der Waals surface area (Å²) >= 11 is 5.74. The van der Waals surface area contributed by atoms with E-state index in [0.29, 0.717) is 38.9 Å². The molecule has 18 heavy (non-hydrogen) atoms. The first-order valence-electron chi connectivity index (χ1n) is 5.61. The summed E-state index contributed by atoms with van der Waals surface area (Å²) in [4.78, 5) is 11.8. The molecule has 0 atom stereocenters. The molecule has 0 aliphatic heterocycles. The summed E-state index contributed by atoms with van der Waals surface area (Å²) in [6, 6.07) is 0.209. The monoisotopic (exact) mass is 276 g/mol. The number of halogens is 1. The minimum absolute atomic E-state index is 0.0938. The topological polar surface area (TPSA) is 78.4 Å². The standard InChI is InChI=1S/C10H17ClN4O3/c1-3-18-10-14-8(11)13-9(15-10)12-4-5-17-7-6-16-2/h3-7H2,1-2H3,(H,12,13,14,15). The highest BCUT2D eigenvalue weighted by atomic mass is 35.5. The Kier molecular flexibility index (Phi) is 7.31. The van der Waals surface area contributed by atoms with Gasteiger partial charge in [-0.2, -0.15) is 15.0 Å². The van der Waals surface area contributed by atoms with Crippen LogP contribution in [-0.4, -0.2) is 55.0 Å². The second-order valence-corrected chi connectivity index (χ2v) is 3.51. The van der Waals surface area contributed by atoms with Crippen molar-refractivity contribution in [1.82, 2.24) is 15.0 Å². The Bertz CT molecular complexity index is 354. The van der Waals surface area contributed by atoms with Crippen LogP contribution in [0.2, 0.25) is 5.28 Å². The zero-order valence-corrected chi connectivity index (χ0v) is 11.2. The zero-order chi connectivity index (χ0) is 13.2. The first-order chi connectivity index (χ1) is 8.76. The van der Waals surface area contributed by atoms with Crippen LogP contribution in [0.3, 0.4) is 0 Å². The van der Waals surface area contributed by atoms with E-state index in [1.54, 1.807) is 7.11 Å². The Morgan fingerprint density at radius 2 is 2.00 bits per heavy atom. The SMILES string of the molecule is CCOc1nc(Cl)nc(NCCOCCOC)n1. The van der Waals surface area contributed by atoms with Crippen molar-refractivity contribution in [2.45, 2.75) is 6.92 Å². The number of hydrogen-bond acceptors (Lipinski definition) is 7. The maximum Gasteiger partial charge on any atom is 0.322 e. The number of anilines is 1. The summed E-state index contributed by atoms with van der Waals surface area (Å²) in [6.45, 7) is 4.53. The average molecular weight is 277 g/mol. The van der Waals surface area contributed by atoms with E-state index in [1.807, 2.05) is 6.92 Å². The summed E-state index contributed by atoms with van der Waals surface area (Å²) in [5.41, 5.74) is 0. The molecule has 1 aromatic rings. The van der Waals surface area contributed by atoms with Gasteiger partial charge < -0.3 is 19.5 Å². The van der Waals surface area contributed by atoms with Gasteiger partial charge in [0.25, 0.3) is 0 Å². The number of ether oxygens (including phenoxy) is 3. The normalized spacial score (nSPS) is 10.4. The Hall–Kier alpha value is -1.18. The molecule has 0 aromatic carbocycles. The molecule has 1 heterocycles. The quantitative estimate of drug-likeness (QED) is 0.674. The molecule has 102 valence electrons. The van der Waals surface area contributed by atoms with Crippen LogP contribution in [0.1, 0.15) is 6.92 Å². The van der Waals surface area contributed by atoms with Gasteiger partial charge in [0.05, 0.1) is 26.4 Å². The molecule has 1 N–H and O–H groups in total. The van der Waals surface area contributed by atoms with Crippen molar-refractivity contribution < 1.29 is 14.2 Å². The fourth-order valence-electron chi connectivity index (χ4n) is 1.08. The van der Waals surface area contributed by atoms with E-state index in [-0.39, 0.29) is 11.3 Å². The lowest BCUT2D eigenvalue weighted by Gasteiger charge is -2.07. The Morgan fingerprint density at radius 1 is 1.17 bits per heavy atom. The summed E-state index contributed by atoms with van der Waals surface area (Å²) in [7, 11) is 1.63. The lowest BCUT2D eigenvalue weighted by molar-refractivity contribution is 0.0758. The molecule has 0 aliphatic carbocycles. The summed E-state index contributed by atoms with van der Waals surface area (Å²) in [5.74, 6) is 0.369. The smallest absolute Gasteiger partial charge is 0.322 e. The fraction of sp³-hybridized carbons (Fsp3) is 0.700. The van der Waals surface area contributed by atoms with Gasteiger partial charge in [-0.15, -0.1) is 0 Å². The highest BCUT2D eigenvalue weighted by molar-refractivity contribution is 6.28. The van der Waals surface area contributed by atoms with Crippen molar-refractivity contribution in [3.8, 4) is 6.01 Å². The van der Waals surface area contributed by atoms with E-state index in [0.717, 1.165) is 0 Å². The van der Waals surface area contributed by atoms with E-state index < -0.39 is 0 Å². The van der Waals surface area contributed by atoms with Crippen LogP contribution in [0, 0.1) is 0 Å². The number of nitrogens with one attached hydrogen (secondary N) is 1. The first-order valence-corrected chi connectivity index (χ1v) is 5.99. The average Bonchev–Trinajstić information content (AvgIpc) is 2.33. The summed E-state index contributed by atoms with van der Waals surface area (Å²) < 4.78 is 15.3. The highest BCUT2D eigenvalue weighted by Gasteiger charge is 2.04. The van der Waals surface area contributed by atoms with Gasteiger partial charge in [0.2, 0.25) is 11.2 Å². The minimum atomic E-state index is 0.0938. The molecule has 0 amide bonds. The van der Waals surface area contributed by atoms with Crippen molar-refractivity contribution in [3.63, 3.8) is 0 Å². The molecule has 0 saturated heterocycles. The molecule has 0 fully saturated rings. The van der Waals surface area contributed by atoms with Gasteiger partial charge in [-0.3, -0.25) is 0 Å². The van der Waals surface area contributed by atoms with Crippen LogP contribution in [0.4, 0.5) is 5.95 Å². The van der Waals surface area contributed by atoms with Crippen LogP contribution >= 0.6 is 11.6 Å². The molecule has 0 radical (unpaired) electrons. The zero-order valence-electron chi connectivity index (χ0n) is 10.5. The van der Waals surface area contributed by atoms with Gasteiger partial charge in [0.15, 0.2) is 0 Å². The lowest BCUT2D eigenvalue weighted by atomic mass is 10.6. The van der Waals surface area contributed by atoms with Crippen molar-refractivity contribution >= 4 is 17.5 Å². The maximum absolute atomic E-state index is 5.74. The van der Waals surface area contributed by atoms with Crippen LogP contribution in [0.15, 0.2) is 0 Å². The van der Waals surface area contributed by atoms with Crippen LogP contribution in [0.5, 0.6) is 6.01 Å². The van der Waals surface area contributed by atoms with E-state index in [1.165, 1.54) is 0 Å². The largest absolute Gasteiger partial charge is 0.464 e. The van der Waals surface area contributed by atoms with Gasteiger partial charge in [0, 0.05) is 13.7 Å². The Balaban J connectivity index is 2.32. The molecular weight excluding hydrogens is 260 g/mol. The van der Waals surface area contributed by atoms with Crippen molar-refractivity contribution in [3.05, 3.63) is 5.28 Å². The molecule has 0 spiro atoms. The maximum atomic E-state index is 5.74. The van der Waals surface area contributed by atoms with Crippen LogP contribution < -0.4 is 10.1 Å². The Labute approximate surface area is 111 Å². The third kappa shape index (κ3) is 5.95. The molecule has 7 nitrogen and oxygen atoms in total. The van der Waals surface area contributed by atoms with E-state index in [4.69, 9.17) is 25.8 Å². The molecule has 8 heteroatoms. The summed E-state index contributed by atoms with van der Waals surface area (Å²) in [5, 5.41) is 3.06.